The van der Waals surface area contributed by atoms with Crippen LogP contribution in [0.1, 0.15) is 40.2 Å². The lowest BCUT2D eigenvalue weighted by Crippen LogP contribution is -2.40. The predicted molar refractivity (Wildman–Crippen MR) is 169 cm³/mol. The number of carbonyl (C=O) groups is 1. The second-order valence-corrected chi connectivity index (χ2v) is 12.3. The van der Waals surface area contributed by atoms with Crippen LogP contribution in [-0.4, -0.2) is 35.5 Å². The normalized spacial score (nSPS) is 11.5. The molecule has 0 atom stereocenters. The number of nitrogens with zero attached hydrogens (tertiary/aromatic N) is 3. The highest BCUT2D eigenvalue weighted by Gasteiger charge is 2.18. The topological polar surface area (TPSA) is 132 Å². The van der Waals surface area contributed by atoms with E-state index in [0.29, 0.717) is 13.0 Å². The molecule has 0 fully saturated rings. The minimum Gasteiger partial charge on any atom is -0.337 e. The van der Waals surface area contributed by atoms with Gasteiger partial charge in [0.1, 0.15) is 11.3 Å². The van der Waals surface area contributed by atoms with E-state index in [0.717, 1.165) is 64.3 Å². The fourth-order valence-corrected chi connectivity index (χ4v) is 6.02. The summed E-state index contributed by atoms with van der Waals surface area (Å²) in [4.78, 5) is 22.2. The molecule has 0 saturated carbocycles. The first-order valence-corrected chi connectivity index (χ1v) is 15.8. The number of hydrogen-bond acceptors (Lipinski definition) is 6. The lowest BCUT2D eigenvalue weighted by atomic mass is 10.1. The number of nitrogens with two attached hydrogens (primary N) is 1. The molecule has 9 nitrogen and oxygen atoms in total. The molecule has 43 heavy (non-hydrogen) atoms. The van der Waals surface area contributed by atoms with E-state index in [9.17, 15) is 13.2 Å². The summed E-state index contributed by atoms with van der Waals surface area (Å²) in [6.45, 7) is 4.64. The Morgan fingerprint density at radius 3 is 2.21 bits per heavy atom. The summed E-state index contributed by atoms with van der Waals surface area (Å²) in [7, 11) is -3.98. The summed E-state index contributed by atoms with van der Waals surface area (Å²) in [5.41, 5.74) is 13.4. The quantitative estimate of drug-likeness (QED) is 0.199. The van der Waals surface area contributed by atoms with E-state index >= 15 is 0 Å². The van der Waals surface area contributed by atoms with Gasteiger partial charge >= 0.3 is 6.03 Å². The largest absolute Gasteiger partial charge is 0.337 e. The first kappa shape index (κ1) is 29.9. The van der Waals surface area contributed by atoms with Crippen molar-refractivity contribution >= 4 is 27.2 Å². The van der Waals surface area contributed by atoms with Crippen LogP contribution in [0.3, 0.4) is 0 Å². The molecule has 222 valence electrons. The molecule has 0 bridgehead atoms. The average molecular weight is 597 g/mol. The monoisotopic (exact) mass is 596 g/mol. The molecule has 0 radical (unpaired) electrons. The number of pyridine rings is 1. The van der Waals surface area contributed by atoms with Crippen LogP contribution in [0, 0.1) is 13.8 Å². The molecule has 0 unspecified atom stereocenters. The smallest absolute Gasteiger partial charge is 0.328 e. The highest BCUT2D eigenvalue weighted by Crippen LogP contribution is 2.25. The van der Waals surface area contributed by atoms with Crippen LogP contribution in [0.15, 0.2) is 89.8 Å². The fourth-order valence-electron chi connectivity index (χ4n) is 5.09. The van der Waals surface area contributed by atoms with Gasteiger partial charge in [-0.05, 0) is 85.7 Å². The molecule has 0 aliphatic rings. The molecule has 0 aliphatic carbocycles. The molecule has 0 saturated heterocycles. The van der Waals surface area contributed by atoms with E-state index < -0.39 is 16.1 Å². The van der Waals surface area contributed by atoms with Crippen molar-refractivity contribution in [2.24, 2.45) is 5.73 Å². The second-order valence-electron chi connectivity index (χ2n) is 10.6. The van der Waals surface area contributed by atoms with Crippen molar-refractivity contribution in [2.45, 2.75) is 51.0 Å². The zero-order chi connectivity index (χ0) is 30.4. The summed E-state index contributed by atoms with van der Waals surface area (Å²) in [6, 6.07) is 25.9. The minimum atomic E-state index is -3.98. The van der Waals surface area contributed by atoms with E-state index in [1.807, 2.05) is 37.3 Å². The molecule has 5 aromatic rings. The lowest BCUT2D eigenvalue weighted by molar-refractivity contribution is 0.246. The summed E-state index contributed by atoms with van der Waals surface area (Å²) < 4.78 is 29.2. The van der Waals surface area contributed by atoms with Crippen LogP contribution >= 0.6 is 0 Å². The van der Waals surface area contributed by atoms with Crippen LogP contribution in [0.25, 0.3) is 16.9 Å². The number of sulfonamides is 1. The number of nitrogens with one attached hydrogen (secondary N) is 2. The first-order chi connectivity index (χ1) is 20.7. The molecule has 4 N–H and O–H groups in total. The summed E-state index contributed by atoms with van der Waals surface area (Å²) in [5, 5.41) is 2.63. The summed E-state index contributed by atoms with van der Waals surface area (Å²) in [6.07, 6.45) is 3.28. The first-order valence-electron chi connectivity index (χ1n) is 14.3. The van der Waals surface area contributed by atoms with Crippen molar-refractivity contribution in [3.05, 3.63) is 119 Å². The standard InChI is InChI=1S/C33H36N6O3S/c1-23-21-24(2)36-32-31(23)37-30(10-6-9-25-7-4-3-5-8-25)39(32)28-15-11-26(12-16-28)19-20-35-33(40)38-43(41,42)29-17-13-27(22-34)14-18-29/h3-5,7-8,11-18,21H,6,9-10,19-20,22,34H2,1-2H3,(H2,35,38,40). The predicted octanol–water partition coefficient (Wildman–Crippen LogP) is 4.90. The average Bonchev–Trinajstić information content (AvgIpc) is 3.36. The molecule has 10 heteroatoms. The third-order valence-corrected chi connectivity index (χ3v) is 8.65. The van der Waals surface area contributed by atoms with Crippen molar-refractivity contribution < 1.29 is 13.2 Å². The fraction of sp³-hybridized carbons (Fsp3) is 0.242. The lowest BCUT2D eigenvalue weighted by Gasteiger charge is -2.11. The van der Waals surface area contributed by atoms with Gasteiger partial charge in [-0.15, -0.1) is 0 Å². The molecule has 2 aromatic heterocycles. The molecular weight excluding hydrogens is 560 g/mol. The highest BCUT2D eigenvalue weighted by atomic mass is 32.2. The maximum atomic E-state index is 12.5. The Hall–Kier alpha value is -4.54. The molecular formula is C33H36N6O3S. The van der Waals surface area contributed by atoms with E-state index in [1.54, 1.807) is 12.1 Å². The number of benzene rings is 3. The number of amides is 2. The van der Waals surface area contributed by atoms with Gasteiger partial charge in [0.2, 0.25) is 0 Å². The number of hydrogen-bond donors (Lipinski definition) is 3. The third kappa shape index (κ3) is 7.28. The molecule has 3 aromatic carbocycles. The van der Waals surface area contributed by atoms with Gasteiger partial charge in [-0.3, -0.25) is 4.57 Å². The van der Waals surface area contributed by atoms with Crippen LogP contribution in [0.2, 0.25) is 0 Å². The zero-order valence-electron chi connectivity index (χ0n) is 24.4. The molecule has 2 amide bonds. The second kappa shape index (κ2) is 13.2. The number of carbonyl (C=O) groups excluding carboxylic acids is 1. The van der Waals surface area contributed by atoms with Crippen molar-refractivity contribution in [1.82, 2.24) is 24.6 Å². The van der Waals surface area contributed by atoms with Gasteiger partial charge < -0.3 is 11.1 Å². The van der Waals surface area contributed by atoms with E-state index in [4.69, 9.17) is 15.7 Å². The maximum Gasteiger partial charge on any atom is 0.328 e. The Morgan fingerprint density at radius 1 is 0.837 bits per heavy atom. The molecule has 2 heterocycles. The Bertz CT molecular complexity index is 1820. The Labute approximate surface area is 252 Å². The van der Waals surface area contributed by atoms with Gasteiger partial charge in [-0.1, -0.05) is 54.6 Å². The zero-order valence-corrected chi connectivity index (χ0v) is 25.2. The summed E-state index contributed by atoms with van der Waals surface area (Å²) >= 11 is 0. The molecule has 0 aliphatic heterocycles. The van der Waals surface area contributed by atoms with Crippen LogP contribution in [-0.2, 0) is 35.8 Å². The number of aryl methyl sites for hydroxylation is 4. The van der Waals surface area contributed by atoms with Crippen LogP contribution in [0.5, 0.6) is 0 Å². The number of rotatable bonds is 11. The van der Waals surface area contributed by atoms with Crippen molar-refractivity contribution in [3.8, 4) is 5.69 Å². The number of urea groups is 1. The van der Waals surface area contributed by atoms with E-state index in [1.165, 1.54) is 17.7 Å². The Balaban J connectivity index is 1.24. The van der Waals surface area contributed by atoms with Gasteiger partial charge in [0.25, 0.3) is 10.0 Å². The van der Waals surface area contributed by atoms with E-state index in [2.05, 4.69) is 51.9 Å². The van der Waals surface area contributed by atoms with Crippen molar-refractivity contribution in [1.29, 1.82) is 0 Å². The highest BCUT2D eigenvalue weighted by molar-refractivity contribution is 7.90. The van der Waals surface area contributed by atoms with Gasteiger partial charge in [-0.2, -0.15) is 0 Å². The van der Waals surface area contributed by atoms with Gasteiger partial charge in [0.15, 0.2) is 5.65 Å². The maximum absolute atomic E-state index is 12.5. The Kier molecular flexibility index (Phi) is 9.18. The SMILES string of the molecule is Cc1cc(C)c2nc(CCCc3ccccc3)n(-c3ccc(CCNC(=O)NS(=O)(=O)c4ccc(CN)cc4)cc3)c2n1. The van der Waals surface area contributed by atoms with Gasteiger partial charge in [0.05, 0.1) is 4.90 Å². The van der Waals surface area contributed by atoms with Crippen LogP contribution in [0.4, 0.5) is 4.79 Å². The third-order valence-electron chi connectivity index (χ3n) is 7.30. The summed E-state index contributed by atoms with van der Waals surface area (Å²) in [5.74, 6) is 0.970. The molecule has 5 rings (SSSR count). The Morgan fingerprint density at radius 2 is 1.51 bits per heavy atom. The number of fused-ring (bicyclic) bond motifs is 1. The van der Waals surface area contributed by atoms with Crippen LogP contribution < -0.4 is 15.8 Å². The number of imidazole rings is 1. The number of aromatic nitrogens is 3. The van der Waals surface area contributed by atoms with Gasteiger partial charge in [-0.25, -0.2) is 27.9 Å². The molecule has 0 spiro atoms. The van der Waals surface area contributed by atoms with Gasteiger partial charge in [0, 0.05) is 30.9 Å². The van der Waals surface area contributed by atoms with Crippen molar-refractivity contribution in [2.75, 3.05) is 6.54 Å². The van der Waals surface area contributed by atoms with Crippen molar-refractivity contribution in [3.63, 3.8) is 0 Å². The van der Waals surface area contributed by atoms with E-state index in [-0.39, 0.29) is 11.4 Å². The minimum absolute atomic E-state index is 0.00165.